The fourth-order valence-corrected chi connectivity index (χ4v) is 2.11. The second kappa shape index (κ2) is 5.18. The summed E-state index contributed by atoms with van der Waals surface area (Å²) in [6.07, 6.45) is 1.14. The second-order valence-electron chi connectivity index (χ2n) is 3.81. The zero-order valence-corrected chi connectivity index (χ0v) is 11.2. The van der Waals surface area contributed by atoms with Gasteiger partial charge in [0, 0.05) is 16.2 Å². The number of amides is 1. The summed E-state index contributed by atoms with van der Waals surface area (Å²) >= 11 is 3.36. The molecule has 18 heavy (non-hydrogen) atoms. The second-order valence-corrected chi connectivity index (χ2v) is 4.73. The standard InChI is InChI=1S/C13H10BrNO3/c1-8-4-10(14)6-11(5-8)15-13(17)9-2-3-12(16)18-7-9/h2-7H,1H3,(H,15,17). The van der Waals surface area contributed by atoms with Gasteiger partial charge in [0.2, 0.25) is 0 Å². The van der Waals surface area contributed by atoms with Gasteiger partial charge >= 0.3 is 5.63 Å². The predicted molar refractivity (Wildman–Crippen MR) is 71.8 cm³/mol. The number of rotatable bonds is 2. The Bertz CT molecular complexity index is 608. The van der Waals surface area contributed by atoms with Crippen LogP contribution < -0.4 is 10.9 Å². The molecule has 0 unspecified atom stereocenters. The highest BCUT2D eigenvalue weighted by molar-refractivity contribution is 9.10. The Morgan fingerprint density at radius 2 is 2.06 bits per heavy atom. The van der Waals surface area contributed by atoms with Crippen LogP contribution in [0, 0.1) is 6.92 Å². The van der Waals surface area contributed by atoms with Gasteiger partial charge in [0.1, 0.15) is 6.26 Å². The molecule has 1 aromatic heterocycles. The maximum Gasteiger partial charge on any atom is 0.335 e. The van der Waals surface area contributed by atoms with Crippen molar-refractivity contribution in [3.63, 3.8) is 0 Å². The van der Waals surface area contributed by atoms with Crippen LogP contribution >= 0.6 is 15.9 Å². The van der Waals surface area contributed by atoms with Gasteiger partial charge in [0.15, 0.2) is 0 Å². The van der Waals surface area contributed by atoms with E-state index in [-0.39, 0.29) is 5.91 Å². The fourth-order valence-electron chi connectivity index (χ4n) is 1.50. The Balaban J connectivity index is 2.21. The van der Waals surface area contributed by atoms with E-state index in [9.17, 15) is 9.59 Å². The van der Waals surface area contributed by atoms with E-state index in [2.05, 4.69) is 25.7 Å². The van der Waals surface area contributed by atoms with E-state index >= 15 is 0 Å². The Kier molecular flexibility index (Phi) is 3.62. The fraction of sp³-hybridized carbons (Fsp3) is 0.0769. The third-order valence-corrected chi connectivity index (χ3v) is 2.72. The van der Waals surface area contributed by atoms with E-state index < -0.39 is 5.63 Å². The third kappa shape index (κ3) is 3.07. The molecule has 0 radical (unpaired) electrons. The molecular weight excluding hydrogens is 298 g/mol. The van der Waals surface area contributed by atoms with Crippen molar-refractivity contribution in [2.45, 2.75) is 6.92 Å². The highest BCUT2D eigenvalue weighted by atomic mass is 79.9. The van der Waals surface area contributed by atoms with E-state index in [1.54, 1.807) is 6.07 Å². The Morgan fingerprint density at radius 3 is 2.67 bits per heavy atom. The summed E-state index contributed by atoms with van der Waals surface area (Å²) in [5.74, 6) is -0.323. The van der Waals surface area contributed by atoms with Crippen LogP contribution in [0.15, 0.2) is 50.3 Å². The largest absolute Gasteiger partial charge is 0.430 e. The quantitative estimate of drug-likeness (QED) is 0.928. The zero-order chi connectivity index (χ0) is 13.1. The molecule has 1 aromatic carbocycles. The Labute approximate surface area is 112 Å². The van der Waals surface area contributed by atoms with Gasteiger partial charge in [-0.1, -0.05) is 15.9 Å². The molecule has 0 aliphatic heterocycles. The summed E-state index contributed by atoms with van der Waals surface area (Å²) in [6, 6.07) is 8.22. The van der Waals surface area contributed by atoms with E-state index in [0.717, 1.165) is 16.3 Å². The third-order valence-electron chi connectivity index (χ3n) is 2.26. The number of hydrogen-bond acceptors (Lipinski definition) is 3. The molecule has 0 fully saturated rings. The normalized spacial score (nSPS) is 10.1. The number of halogens is 1. The summed E-state index contributed by atoms with van der Waals surface area (Å²) in [5, 5.41) is 2.73. The molecule has 2 rings (SSSR count). The van der Waals surface area contributed by atoms with Crippen LogP contribution in [0.5, 0.6) is 0 Å². The number of carbonyl (C=O) groups is 1. The van der Waals surface area contributed by atoms with Crippen LogP contribution in [-0.4, -0.2) is 5.91 Å². The molecule has 0 aliphatic carbocycles. The molecule has 0 atom stereocenters. The average Bonchev–Trinajstić information content (AvgIpc) is 2.28. The maximum absolute atomic E-state index is 11.9. The molecule has 5 heteroatoms. The summed E-state index contributed by atoms with van der Waals surface area (Å²) in [6.45, 7) is 1.93. The molecule has 1 heterocycles. The average molecular weight is 308 g/mol. The van der Waals surface area contributed by atoms with Crippen LogP contribution in [0.3, 0.4) is 0 Å². The first-order valence-corrected chi connectivity index (χ1v) is 6.01. The summed E-state index contributed by atoms with van der Waals surface area (Å²) in [7, 11) is 0. The van der Waals surface area contributed by atoms with Gasteiger partial charge in [0.25, 0.3) is 5.91 Å². The van der Waals surface area contributed by atoms with Gasteiger partial charge < -0.3 is 9.73 Å². The van der Waals surface area contributed by atoms with Crippen molar-refractivity contribution in [3.8, 4) is 0 Å². The van der Waals surface area contributed by atoms with Crippen molar-refractivity contribution in [1.82, 2.24) is 0 Å². The van der Waals surface area contributed by atoms with E-state index in [4.69, 9.17) is 0 Å². The lowest BCUT2D eigenvalue weighted by Crippen LogP contribution is -2.13. The zero-order valence-electron chi connectivity index (χ0n) is 9.57. The van der Waals surface area contributed by atoms with E-state index in [1.165, 1.54) is 12.1 Å². The highest BCUT2D eigenvalue weighted by Gasteiger charge is 2.07. The first kappa shape index (κ1) is 12.6. The monoisotopic (exact) mass is 307 g/mol. The van der Waals surface area contributed by atoms with Crippen LogP contribution in [0.4, 0.5) is 5.69 Å². The lowest BCUT2D eigenvalue weighted by molar-refractivity contribution is 0.102. The predicted octanol–water partition coefficient (Wildman–Crippen LogP) is 2.96. The van der Waals surface area contributed by atoms with Gasteiger partial charge in [-0.15, -0.1) is 0 Å². The number of benzene rings is 1. The van der Waals surface area contributed by atoms with E-state index in [1.807, 2.05) is 19.1 Å². The summed E-state index contributed by atoms with van der Waals surface area (Å²) in [4.78, 5) is 22.6. The summed E-state index contributed by atoms with van der Waals surface area (Å²) < 4.78 is 5.53. The number of hydrogen-bond donors (Lipinski definition) is 1. The lowest BCUT2D eigenvalue weighted by atomic mass is 10.2. The lowest BCUT2D eigenvalue weighted by Gasteiger charge is -2.06. The smallest absolute Gasteiger partial charge is 0.335 e. The first-order chi connectivity index (χ1) is 8.54. The van der Waals surface area contributed by atoms with Crippen molar-refractivity contribution >= 4 is 27.5 Å². The van der Waals surface area contributed by atoms with Crippen LogP contribution in [0.2, 0.25) is 0 Å². The SMILES string of the molecule is Cc1cc(Br)cc(NC(=O)c2ccc(=O)oc2)c1. The van der Waals surface area contributed by atoms with Gasteiger partial charge in [-0.2, -0.15) is 0 Å². The Morgan fingerprint density at radius 1 is 1.28 bits per heavy atom. The molecular formula is C13H10BrNO3. The minimum absolute atomic E-state index is 0.298. The first-order valence-electron chi connectivity index (χ1n) is 5.22. The van der Waals surface area contributed by atoms with Crippen molar-refractivity contribution < 1.29 is 9.21 Å². The van der Waals surface area contributed by atoms with Crippen molar-refractivity contribution in [1.29, 1.82) is 0 Å². The maximum atomic E-state index is 11.9. The number of carbonyl (C=O) groups excluding carboxylic acids is 1. The molecule has 0 aliphatic rings. The van der Waals surface area contributed by atoms with Crippen LogP contribution in [0.1, 0.15) is 15.9 Å². The summed E-state index contributed by atoms with van der Waals surface area (Å²) in [5.41, 5.74) is 1.52. The number of aryl methyl sites for hydroxylation is 1. The topological polar surface area (TPSA) is 59.3 Å². The van der Waals surface area contributed by atoms with Crippen molar-refractivity contribution in [2.75, 3.05) is 5.32 Å². The molecule has 92 valence electrons. The van der Waals surface area contributed by atoms with Crippen LogP contribution in [-0.2, 0) is 0 Å². The minimum atomic E-state index is -0.482. The molecule has 0 bridgehead atoms. The number of anilines is 1. The highest BCUT2D eigenvalue weighted by Crippen LogP contribution is 2.19. The Hall–Kier alpha value is -1.88. The van der Waals surface area contributed by atoms with Gasteiger partial charge in [-0.3, -0.25) is 4.79 Å². The molecule has 1 amide bonds. The minimum Gasteiger partial charge on any atom is -0.430 e. The van der Waals surface area contributed by atoms with Crippen molar-refractivity contribution in [2.24, 2.45) is 0 Å². The molecule has 0 saturated carbocycles. The van der Waals surface area contributed by atoms with Crippen molar-refractivity contribution in [3.05, 3.63) is 62.6 Å². The van der Waals surface area contributed by atoms with Gasteiger partial charge in [-0.05, 0) is 36.8 Å². The molecule has 1 N–H and O–H groups in total. The molecule has 0 spiro atoms. The number of nitrogens with one attached hydrogen (secondary N) is 1. The van der Waals surface area contributed by atoms with Gasteiger partial charge in [-0.25, -0.2) is 4.79 Å². The van der Waals surface area contributed by atoms with Gasteiger partial charge in [0.05, 0.1) is 5.56 Å². The molecule has 4 nitrogen and oxygen atoms in total. The molecule has 0 saturated heterocycles. The van der Waals surface area contributed by atoms with Crippen LogP contribution in [0.25, 0.3) is 0 Å². The molecule has 2 aromatic rings. The van der Waals surface area contributed by atoms with E-state index in [0.29, 0.717) is 11.3 Å².